The SMILES string of the molecule is CCc1cccc(CC)c1-n1c(-c2ccn(CC)n2)nc(O)c(Cc2ccc(-c3ccncc3C)c(F)c2)c1=O. The lowest BCUT2D eigenvalue weighted by molar-refractivity contribution is 0.443. The molecule has 8 heteroatoms. The lowest BCUT2D eigenvalue weighted by Gasteiger charge is -2.19. The molecule has 5 rings (SSSR count). The lowest BCUT2D eigenvalue weighted by Crippen LogP contribution is -2.27. The first-order valence-electron chi connectivity index (χ1n) is 13.5. The molecule has 0 unspecified atom stereocenters. The maximum Gasteiger partial charge on any atom is 0.265 e. The van der Waals surface area contributed by atoms with Crippen molar-refractivity contribution in [2.45, 2.75) is 53.5 Å². The molecular weight excluding hydrogens is 505 g/mol. The molecule has 0 aliphatic heterocycles. The van der Waals surface area contributed by atoms with E-state index in [9.17, 15) is 9.90 Å². The van der Waals surface area contributed by atoms with Crippen molar-refractivity contribution >= 4 is 0 Å². The van der Waals surface area contributed by atoms with Gasteiger partial charge in [0.25, 0.3) is 5.56 Å². The highest BCUT2D eigenvalue weighted by Crippen LogP contribution is 2.30. The Morgan fingerprint density at radius 1 is 0.975 bits per heavy atom. The molecule has 0 aliphatic rings. The Balaban J connectivity index is 1.68. The summed E-state index contributed by atoms with van der Waals surface area (Å²) in [6.07, 6.45) is 6.57. The van der Waals surface area contributed by atoms with Gasteiger partial charge in [0, 0.05) is 37.1 Å². The van der Waals surface area contributed by atoms with Crippen LogP contribution in [-0.4, -0.2) is 29.4 Å². The van der Waals surface area contributed by atoms with Crippen LogP contribution in [-0.2, 0) is 25.8 Å². The summed E-state index contributed by atoms with van der Waals surface area (Å²) in [5, 5.41) is 15.6. The maximum atomic E-state index is 15.3. The van der Waals surface area contributed by atoms with E-state index in [1.807, 2.05) is 52.1 Å². The van der Waals surface area contributed by atoms with Gasteiger partial charge >= 0.3 is 0 Å². The summed E-state index contributed by atoms with van der Waals surface area (Å²) in [5.41, 5.74) is 5.52. The van der Waals surface area contributed by atoms with Crippen LogP contribution in [0.25, 0.3) is 28.3 Å². The van der Waals surface area contributed by atoms with E-state index in [4.69, 9.17) is 0 Å². The second-order valence-electron chi connectivity index (χ2n) is 9.75. The van der Waals surface area contributed by atoms with Crippen molar-refractivity contribution in [3.63, 3.8) is 0 Å². The molecule has 5 aromatic rings. The molecule has 3 aromatic heterocycles. The van der Waals surface area contributed by atoms with Gasteiger partial charge in [0.05, 0.1) is 11.3 Å². The number of aromatic hydroxyl groups is 1. The number of rotatable bonds is 8. The minimum absolute atomic E-state index is 0.0175. The van der Waals surface area contributed by atoms with E-state index in [1.165, 1.54) is 6.07 Å². The average Bonchev–Trinajstić information content (AvgIpc) is 3.45. The zero-order chi connectivity index (χ0) is 28.4. The Morgan fingerprint density at radius 3 is 2.35 bits per heavy atom. The molecule has 204 valence electrons. The first kappa shape index (κ1) is 27.0. The standard InChI is InChI=1S/C32H32FN5O2/c1-5-22-9-8-10-23(6-2)29(22)38-30(28-14-16-37(7-3)36-28)35-31(39)26(32(38)40)17-21-11-12-25(27(33)18-21)24-13-15-34-19-20(24)4/h8-16,18-19,39H,5-7,17H2,1-4H3. The number of hydrogen-bond acceptors (Lipinski definition) is 5. The second-order valence-corrected chi connectivity index (χ2v) is 9.75. The first-order chi connectivity index (χ1) is 19.4. The van der Waals surface area contributed by atoms with Crippen LogP contribution in [0.5, 0.6) is 5.88 Å². The molecule has 40 heavy (non-hydrogen) atoms. The number of benzene rings is 2. The predicted octanol–water partition coefficient (Wildman–Crippen LogP) is 6.05. The van der Waals surface area contributed by atoms with E-state index in [0.717, 1.165) is 27.9 Å². The summed E-state index contributed by atoms with van der Waals surface area (Å²) >= 11 is 0. The van der Waals surface area contributed by atoms with Gasteiger partial charge in [-0.2, -0.15) is 10.1 Å². The van der Waals surface area contributed by atoms with Gasteiger partial charge in [-0.05, 0) is 72.7 Å². The van der Waals surface area contributed by atoms with Crippen molar-refractivity contribution in [1.29, 1.82) is 0 Å². The zero-order valence-electron chi connectivity index (χ0n) is 23.1. The maximum absolute atomic E-state index is 15.3. The topological polar surface area (TPSA) is 85.8 Å². The minimum atomic E-state index is -0.411. The summed E-state index contributed by atoms with van der Waals surface area (Å²) in [7, 11) is 0. The summed E-state index contributed by atoms with van der Waals surface area (Å²) in [6.45, 7) is 8.59. The predicted molar refractivity (Wildman–Crippen MR) is 154 cm³/mol. The molecule has 2 aromatic carbocycles. The van der Waals surface area contributed by atoms with Crippen LogP contribution < -0.4 is 5.56 Å². The number of para-hydroxylation sites is 1. The number of aryl methyl sites for hydroxylation is 4. The summed E-state index contributed by atoms with van der Waals surface area (Å²) in [4.78, 5) is 22.8. The molecule has 0 bridgehead atoms. The number of pyridine rings is 1. The molecular formula is C32H32FN5O2. The van der Waals surface area contributed by atoms with Crippen molar-refractivity contribution in [1.82, 2.24) is 24.3 Å². The molecule has 0 amide bonds. The van der Waals surface area contributed by atoms with Gasteiger partial charge in [0.2, 0.25) is 5.88 Å². The molecule has 1 N–H and O–H groups in total. The third-order valence-electron chi connectivity index (χ3n) is 7.26. The van der Waals surface area contributed by atoms with E-state index in [0.29, 0.717) is 36.2 Å². The van der Waals surface area contributed by atoms with Gasteiger partial charge in [0.1, 0.15) is 11.5 Å². The van der Waals surface area contributed by atoms with Crippen LogP contribution in [0.1, 0.15) is 48.6 Å². The Kier molecular flexibility index (Phi) is 7.60. The Hall–Kier alpha value is -4.59. The van der Waals surface area contributed by atoms with Crippen molar-refractivity contribution in [3.05, 3.63) is 111 Å². The highest BCUT2D eigenvalue weighted by molar-refractivity contribution is 5.67. The number of aromatic nitrogens is 5. The molecule has 7 nitrogen and oxygen atoms in total. The van der Waals surface area contributed by atoms with Crippen LogP contribution in [0.2, 0.25) is 0 Å². The average molecular weight is 538 g/mol. The van der Waals surface area contributed by atoms with E-state index in [1.54, 1.807) is 45.9 Å². The quantitative estimate of drug-likeness (QED) is 0.261. The van der Waals surface area contributed by atoms with Gasteiger partial charge in [-0.25, -0.2) is 4.39 Å². The number of halogens is 1. The smallest absolute Gasteiger partial charge is 0.265 e. The van der Waals surface area contributed by atoms with Crippen LogP contribution in [0, 0.1) is 12.7 Å². The second kappa shape index (κ2) is 11.3. The van der Waals surface area contributed by atoms with E-state index >= 15 is 4.39 Å². The van der Waals surface area contributed by atoms with Gasteiger partial charge in [0.15, 0.2) is 5.82 Å². The molecule has 0 fully saturated rings. The molecule has 0 aliphatic carbocycles. The molecule has 0 saturated carbocycles. The summed E-state index contributed by atoms with van der Waals surface area (Å²) in [5.74, 6) is -0.529. The number of hydrogen-bond donors (Lipinski definition) is 1. The summed E-state index contributed by atoms with van der Waals surface area (Å²) in [6, 6.07) is 14.4. The highest BCUT2D eigenvalue weighted by atomic mass is 19.1. The number of nitrogens with zero attached hydrogens (tertiary/aromatic N) is 5. The molecule has 0 atom stereocenters. The first-order valence-corrected chi connectivity index (χ1v) is 13.5. The van der Waals surface area contributed by atoms with Crippen molar-refractivity contribution in [2.24, 2.45) is 0 Å². The van der Waals surface area contributed by atoms with Crippen molar-refractivity contribution < 1.29 is 9.50 Å². The fraction of sp³-hybridized carbons (Fsp3) is 0.250. The van der Waals surface area contributed by atoms with Crippen molar-refractivity contribution in [3.8, 4) is 34.2 Å². The van der Waals surface area contributed by atoms with E-state index in [-0.39, 0.29) is 23.7 Å². The Morgan fingerprint density at radius 2 is 1.73 bits per heavy atom. The molecule has 0 spiro atoms. The van der Waals surface area contributed by atoms with Crippen molar-refractivity contribution in [2.75, 3.05) is 0 Å². The fourth-order valence-electron chi connectivity index (χ4n) is 5.10. The van der Waals surface area contributed by atoms with Gasteiger partial charge in [-0.1, -0.05) is 44.2 Å². The third kappa shape index (κ3) is 4.93. The molecule has 3 heterocycles. The largest absolute Gasteiger partial charge is 0.493 e. The van der Waals surface area contributed by atoms with Gasteiger partial charge < -0.3 is 5.11 Å². The monoisotopic (exact) mass is 537 g/mol. The van der Waals surface area contributed by atoms with Gasteiger partial charge in [-0.3, -0.25) is 19.0 Å². The highest BCUT2D eigenvalue weighted by Gasteiger charge is 2.23. The Labute approximate surface area is 232 Å². The van der Waals surface area contributed by atoms with E-state index < -0.39 is 11.4 Å². The Bertz CT molecular complexity index is 1730. The molecule has 0 saturated heterocycles. The summed E-state index contributed by atoms with van der Waals surface area (Å²) < 4.78 is 18.6. The lowest BCUT2D eigenvalue weighted by atomic mass is 9.98. The van der Waals surface area contributed by atoms with Crippen LogP contribution in [0.3, 0.4) is 0 Å². The molecule has 0 radical (unpaired) electrons. The normalized spacial score (nSPS) is 11.2. The third-order valence-corrected chi connectivity index (χ3v) is 7.26. The minimum Gasteiger partial charge on any atom is -0.493 e. The van der Waals surface area contributed by atoms with E-state index in [2.05, 4.69) is 15.1 Å². The van der Waals surface area contributed by atoms with Crippen LogP contribution >= 0.6 is 0 Å². The van der Waals surface area contributed by atoms with Gasteiger partial charge in [-0.15, -0.1) is 0 Å². The fourth-order valence-corrected chi connectivity index (χ4v) is 5.10. The zero-order valence-corrected chi connectivity index (χ0v) is 23.1. The van der Waals surface area contributed by atoms with Crippen LogP contribution in [0.15, 0.2) is 71.9 Å². The van der Waals surface area contributed by atoms with Crippen LogP contribution in [0.4, 0.5) is 4.39 Å².